The Bertz CT molecular complexity index is 392. The number of unbranched alkanes of at least 4 members (excludes halogenated alkanes) is 1. The molecule has 2 N–H and O–H groups in total. The summed E-state index contributed by atoms with van der Waals surface area (Å²) in [4.78, 5) is 0. The predicted octanol–water partition coefficient (Wildman–Crippen LogP) is 2.40. The molecular formula is C16H30BNO3. The first-order valence-electron chi connectivity index (χ1n) is 8.56. The summed E-state index contributed by atoms with van der Waals surface area (Å²) in [5.41, 5.74) is 6.44. The Hall–Kier alpha value is -0.0951. The molecule has 4 rings (SSSR count). The summed E-state index contributed by atoms with van der Waals surface area (Å²) in [7, 11) is -0.309. The van der Waals surface area contributed by atoms with E-state index in [1.165, 1.54) is 6.42 Å². The van der Waals surface area contributed by atoms with Crippen LogP contribution in [0, 0.1) is 17.3 Å². The first-order valence-corrected chi connectivity index (χ1v) is 8.56. The highest BCUT2D eigenvalue weighted by Gasteiger charge is 2.68. The van der Waals surface area contributed by atoms with Crippen molar-refractivity contribution >= 4 is 7.12 Å². The summed E-state index contributed by atoms with van der Waals surface area (Å²) in [6, 6.07) is 0. The molecule has 1 saturated heterocycles. The van der Waals surface area contributed by atoms with E-state index in [2.05, 4.69) is 27.7 Å². The van der Waals surface area contributed by atoms with Crippen molar-refractivity contribution < 1.29 is 14.0 Å². The molecule has 4 aliphatic rings. The van der Waals surface area contributed by atoms with Gasteiger partial charge in [-0.25, -0.2) is 0 Å². The molecule has 0 amide bonds. The van der Waals surface area contributed by atoms with Crippen LogP contribution >= 0.6 is 0 Å². The Balaban J connectivity index is 1.57. The van der Waals surface area contributed by atoms with Crippen molar-refractivity contribution in [2.45, 2.75) is 71.0 Å². The molecule has 4 fully saturated rings. The minimum atomic E-state index is -0.309. The minimum Gasteiger partial charge on any atom is -0.404 e. The molecular weight excluding hydrogens is 265 g/mol. The summed E-state index contributed by atoms with van der Waals surface area (Å²) in [6.45, 7) is 10.4. The third-order valence-corrected chi connectivity index (χ3v) is 6.27. The molecule has 0 aromatic rings. The molecule has 0 aromatic heterocycles. The number of rotatable bonds is 6. The summed E-state index contributed by atoms with van der Waals surface area (Å²) in [5.74, 6) is 1.18. The number of nitrogens with two attached hydrogens (primary N) is 1. The lowest BCUT2D eigenvalue weighted by Gasteiger charge is -2.64. The van der Waals surface area contributed by atoms with E-state index in [1.54, 1.807) is 0 Å². The van der Waals surface area contributed by atoms with Crippen LogP contribution in [0.15, 0.2) is 0 Å². The molecule has 120 valence electrons. The first-order chi connectivity index (χ1) is 9.89. The summed E-state index contributed by atoms with van der Waals surface area (Å²) < 4.78 is 18.1. The van der Waals surface area contributed by atoms with Crippen LogP contribution in [0.4, 0.5) is 0 Å². The van der Waals surface area contributed by atoms with Crippen molar-refractivity contribution in [2.75, 3.05) is 13.2 Å². The van der Waals surface area contributed by atoms with Crippen molar-refractivity contribution in [1.82, 2.24) is 0 Å². The van der Waals surface area contributed by atoms with Crippen molar-refractivity contribution in [2.24, 2.45) is 23.0 Å². The monoisotopic (exact) mass is 295 g/mol. The lowest BCUT2D eigenvalue weighted by atomic mass is 9.43. The highest BCUT2D eigenvalue weighted by atomic mass is 16.7. The number of hydrogen-bond acceptors (Lipinski definition) is 4. The van der Waals surface area contributed by atoms with Crippen molar-refractivity contribution in [3.63, 3.8) is 0 Å². The largest absolute Gasteiger partial charge is 0.478 e. The molecule has 4 nitrogen and oxygen atoms in total. The zero-order valence-electron chi connectivity index (χ0n) is 13.9. The lowest BCUT2D eigenvalue weighted by molar-refractivity contribution is -0.199. The van der Waals surface area contributed by atoms with Crippen LogP contribution in [0.3, 0.4) is 0 Å². The van der Waals surface area contributed by atoms with Gasteiger partial charge < -0.3 is 19.8 Å². The van der Waals surface area contributed by atoms with Gasteiger partial charge in [-0.2, -0.15) is 0 Å². The van der Waals surface area contributed by atoms with Crippen LogP contribution in [0.2, 0.25) is 0 Å². The SMILES string of the molecule is CCCCOC[C@H](N)B1OC2C[C@@H]3C[C@@H](C3(C)C)[C@]2(C)O1. The van der Waals surface area contributed by atoms with Gasteiger partial charge in [0.05, 0.1) is 24.3 Å². The van der Waals surface area contributed by atoms with Gasteiger partial charge in [0, 0.05) is 6.61 Å². The quantitative estimate of drug-likeness (QED) is 0.604. The zero-order chi connectivity index (χ0) is 15.3. The molecule has 0 spiro atoms. The number of ether oxygens (including phenoxy) is 1. The maximum atomic E-state index is 6.33. The molecule has 2 bridgehead atoms. The minimum absolute atomic E-state index is 0.163. The van der Waals surface area contributed by atoms with Gasteiger partial charge in [0.1, 0.15) is 0 Å². The van der Waals surface area contributed by atoms with Crippen LogP contribution < -0.4 is 5.73 Å². The Morgan fingerprint density at radius 2 is 2.10 bits per heavy atom. The van der Waals surface area contributed by atoms with Gasteiger partial charge >= 0.3 is 7.12 Å². The van der Waals surface area contributed by atoms with Gasteiger partial charge in [-0.05, 0) is 43.4 Å². The van der Waals surface area contributed by atoms with E-state index in [1.807, 2.05) is 0 Å². The van der Waals surface area contributed by atoms with Gasteiger partial charge in [-0.1, -0.05) is 27.2 Å². The molecule has 3 aliphatic carbocycles. The average molecular weight is 295 g/mol. The molecule has 1 heterocycles. The predicted molar refractivity (Wildman–Crippen MR) is 83.8 cm³/mol. The Labute approximate surface area is 129 Å². The van der Waals surface area contributed by atoms with Gasteiger partial charge in [0.15, 0.2) is 0 Å². The van der Waals surface area contributed by atoms with Crippen LogP contribution in [0.1, 0.15) is 53.4 Å². The maximum absolute atomic E-state index is 6.33. The van der Waals surface area contributed by atoms with E-state index in [4.69, 9.17) is 19.8 Å². The van der Waals surface area contributed by atoms with Gasteiger partial charge in [-0.3, -0.25) is 0 Å². The van der Waals surface area contributed by atoms with E-state index in [0.717, 1.165) is 31.8 Å². The normalized spacial score (nSPS) is 41.6. The average Bonchev–Trinajstić information content (AvgIpc) is 2.80. The Morgan fingerprint density at radius 1 is 1.33 bits per heavy atom. The highest BCUT2D eigenvalue weighted by Crippen LogP contribution is 2.65. The molecule has 1 aliphatic heterocycles. The standard InChI is InChI=1S/C16H30BNO3/c1-5-6-7-19-10-14(18)17-20-13-9-11-8-12(15(11,2)3)16(13,4)21-17/h11-14H,5-10,18H2,1-4H3/t11-,12-,13?,14-,16-/m0/s1. The summed E-state index contributed by atoms with van der Waals surface area (Å²) in [5, 5.41) is 0. The van der Waals surface area contributed by atoms with Gasteiger partial charge in [-0.15, -0.1) is 0 Å². The topological polar surface area (TPSA) is 53.7 Å². The second kappa shape index (κ2) is 5.52. The summed E-state index contributed by atoms with van der Waals surface area (Å²) in [6.07, 6.45) is 4.82. The third kappa shape index (κ3) is 2.46. The van der Waals surface area contributed by atoms with Crippen LogP contribution in [-0.2, 0) is 14.0 Å². The van der Waals surface area contributed by atoms with E-state index < -0.39 is 0 Å². The Morgan fingerprint density at radius 3 is 2.76 bits per heavy atom. The fourth-order valence-corrected chi connectivity index (χ4v) is 4.63. The lowest BCUT2D eigenvalue weighted by Crippen LogP contribution is -2.65. The molecule has 5 heteroatoms. The van der Waals surface area contributed by atoms with Crippen molar-refractivity contribution in [3.8, 4) is 0 Å². The fourth-order valence-electron chi connectivity index (χ4n) is 4.63. The highest BCUT2D eigenvalue weighted by molar-refractivity contribution is 6.47. The van der Waals surface area contributed by atoms with Crippen molar-refractivity contribution in [3.05, 3.63) is 0 Å². The molecule has 0 radical (unpaired) electrons. The van der Waals surface area contributed by atoms with Gasteiger partial charge in [0.2, 0.25) is 0 Å². The van der Waals surface area contributed by atoms with E-state index in [9.17, 15) is 0 Å². The van der Waals surface area contributed by atoms with E-state index in [-0.39, 0.29) is 24.8 Å². The van der Waals surface area contributed by atoms with Crippen molar-refractivity contribution in [1.29, 1.82) is 0 Å². The van der Waals surface area contributed by atoms with Crippen LogP contribution in [-0.4, -0.2) is 38.0 Å². The molecule has 3 saturated carbocycles. The van der Waals surface area contributed by atoms with Crippen LogP contribution in [0.5, 0.6) is 0 Å². The fraction of sp³-hybridized carbons (Fsp3) is 1.00. The zero-order valence-corrected chi connectivity index (χ0v) is 13.9. The van der Waals surface area contributed by atoms with E-state index >= 15 is 0 Å². The second-order valence-electron chi connectivity index (χ2n) is 7.93. The molecule has 5 atom stereocenters. The molecule has 21 heavy (non-hydrogen) atoms. The number of hydrogen-bond donors (Lipinski definition) is 1. The van der Waals surface area contributed by atoms with Gasteiger partial charge in [0.25, 0.3) is 0 Å². The second-order valence-corrected chi connectivity index (χ2v) is 7.93. The van der Waals surface area contributed by atoms with E-state index in [0.29, 0.717) is 17.9 Å². The maximum Gasteiger partial charge on any atom is 0.478 e. The smallest absolute Gasteiger partial charge is 0.404 e. The summed E-state index contributed by atoms with van der Waals surface area (Å²) >= 11 is 0. The molecule has 1 unspecified atom stereocenters. The first kappa shape index (κ1) is 15.8. The molecule has 0 aromatic carbocycles. The van der Waals surface area contributed by atoms with Crippen LogP contribution in [0.25, 0.3) is 0 Å². The third-order valence-electron chi connectivity index (χ3n) is 6.27. The Kier molecular flexibility index (Phi) is 4.15.